The number of carbonyl (C=O) groups excluding carboxylic acids is 1. The number of nitrogens with zero attached hydrogens (tertiary/aromatic N) is 1. The molecule has 0 saturated heterocycles. The van der Waals surface area contributed by atoms with Crippen LogP contribution in [0.2, 0.25) is 0 Å². The molecular formula is C16H23NO4. The monoisotopic (exact) mass is 293 g/mol. The van der Waals surface area contributed by atoms with Gasteiger partial charge in [-0.2, -0.15) is 0 Å². The van der Waals surface area contributed by atoms with Crippen molar-refractivity contribution in [3.05, 3.63) is 29.8 Å². The summed E-state index contributed by atoms with van der Waals surface area (Å²) >= 11 is 0. The lowest BCUT2D eigenvalue weighted by Gasteiger charge is -2.21. The Balaban J connectivity index is 2.86. The van der Waals surface area contributed by atoms with Gasteiger partial charge >= 0.3 is 5.97 Å². The Kier molecular flexibility index (Phi) is 6.72. The van der Waals surface area contributed by atoms with Gasteiger partial charge in [0.2, 0.25) is 5.91 Å². The predicted octanol–water partition coefficient (Wildman–Crippen LogP) is 2.51. The van der Waals surface area contributed by atoms with E-state index in [1.165, 1.54) is 0 Å². The highest BCUT2D eigenvalue weighted by atomic mass is 16.5. The third-order valence-electron chi connectivity index (χ3n) is 3.39. The van der Waals surface area contributed by atoms with Gasteiger partial charge in [-0.15, -0.1) is 0 Å². The van der Waals surface area contributed by atoms with Crippen molar-refractivity contribution >= 4 is 11.9 Å². The molecule has 1 unspecified atom stereocenters. The van der Waals surface area contributed by atoms with Crippen molar-refractivity contribution in [2.75, 3.05) is 19.7 Å². The van der Waals surface area contributed by atoms with Gasteiger partial charge in [-0.1, -0.05) is 12.1 Å². The summed E-state index contributed by atoms with van der Waals surface area (Å²) in [6.45, 7) is 7.39. The third kappa shape index (κ3) is 4.77. The summed E-state index contributed by atoms with van der Waals surface area (Å²) in [7, 11) is 0. The molecule has 1 aromatic rings. The zero-order valence-corrected chi connectivity index (χ0v) is 12.8. The first-order chi connectivity index (χ1) is 10.0. The summed E-state index contributed by atoms with van der Waals surface area (Å²) in [5.41, 5.74) is 0.617. The number of carboxylic acid groups (broad SMARTS) is 1. The number of hydrogen-bond acceptors (Lipinski definition) is 3. The Labute approximate surface area is 125 Å². The largest absolute Gasteiger partial charge is 0.494 e. The van der Waals surface area contributed by atoms with Gasteiger partial charge in [0.05, 0.1) is 12.5 Å². The van der Waals surface area contributed by atoms with Crippen LogP contribution < -0.4 is 4.74 Å². The molecule has 0 saturated carbocycles. The van der Waals surface area contributed by atoms with E-state index in [1.54, 1.807) is 29.2 Å². The van der Waals surface area contributed by atoms with Crippen molar-refractivity contribution in [3.8, 4) is 5.75 Å². The summed E-state index contributed by atoms with van der Waals surface area (Å²) in [5.74, 6) is -1.25. The molecule has 5 nitrogen and oxygen atoms in total. The van der Waals surface area contributed by atoms with Crippen LogP contribution >= 0.6 is 0 Å². The summed E-state index contributed by atoms with van der Waals surface area (Å²) < 4.78 is 5.33. The molecule has 1 amide bonds. The van der Waals surface area contributed by atoms with E-state index < -0.39 is 11.9 Å². The van der Waals surface area contributed by atoms with Crippen molar-refractivity contribution in [2.45, 2.75) is 33.1 Å². The van der Waals surface area contributed by atoms with E-state index in [0.29, 0.717) is 31.0 Å². The number of carboxylic acids is 1. The molecule has 5 heteroatoms. The van der Waals surface area contributed by atoms with Crippen LogP contribution in [0.4, 0.5) is 0 Å². The first-order valence-corrected chi connectivity index (χ1v) is 7.26. The van der Waals surface area contributed by atoms with Crippen molar-refractivity contribution in [2.24, 2.45) is 0 Å². The number of hydrogen-bond donors (Lipinski definition) is 1. The lowest BCUT2D eigenvalue weighted by molar-refractivity contribution is -0.142. The number of rotatable bonds is 8. The number of benzene rings is 1. The lowest BCUT2D eigenvalue weighted by Crippen LogP contribution is -2.32. The first kappa shape index (κ1) is 17.0. The molecule has 0 spiro atoms. The van der Waals surface area contributed by atoms with Crippen molar-refractivity contribution in [1.82, 2.24) is 4.90 Å². The maximum Gasteiger partial charge on any atom is 0.311 e. The van der Waals surface area contributed by atoms with Crippen LogP contribution in [0, 0.1) is 0 Å². The molecule has 0 aliphatic heterocycles. The number of aliphatic carboxylic acids is 1. The zero-order valence-electron chi connectivity index (χ0n) is 12.8. The maximum atomic E-state index is 12.1. The minimum atomic E-state index is -0.986. The van der Waals surface area contributed by atoms with Crippen LogP contribution in [-0.4, -0.2) is 41.6 Å². The van der Waals surface area contributed by atoms with Crippen molar-refractivity contribution < 1.29 is 19.4 Å². The highest BCUT2D eigenvalue weighted by Gasteiger charge is 2.25. The number of amides is 1. The van der Waals surface area contributed by atoms with Crippen LogP contribution in [-0.2, 0) is 9.59 Å². The van der Waals surface area contributed by atoms with Crippen molar-refractivity contribution in [3.63, 3.8) is 0 Å². The molecule has 0 aliphatic carbocycles. The maximum absolute atomic E-state index is 12.1. The van der Waals surface area contributed by atoms with Gasteiger partial charge in [-0.25, -0.2) is 0 Å². The van der Waals surface area contributed by atoms with Gasteiger partial charge in [0.1, 0.15) is 5.75 Å². The van der Waals surface area contributed by atoms with E-state index >= 15 is 0 Å². The molecule has 1 aromatic carbocycles. The minimum Gasteiger partial charge on any atom is -0.494 e. The molecule has 1 N–H and O–H groups in total. The van der Waals surface area contributed by atoms with E-state index in [0.717, 1.165) is 0 Å². The fourth-order valence-electron chi connectivity index (χ4n) is 2.19. The van der Waals surface area contributed by atoms with Crippen LogP contribution in [0.3, 0.4) is 0 Å². The van der Waals surface area contributed by atoms with Gasteiger partial charge in [0.25, 0.3) is 0 Å². The van der Waals surface area contributed by atoms with Gasteiger partial charge in [0.15, 0.2) is 0 Å². The normalized spacial score (nSPS) is 11.8. The molecule has 116 valence electrons. The van der Waals surface area contributed by atoms with Crippen molar-refractivity contribution in [1.29, 1.82) is 0 Å². The highest BCUT2D eigenvalue weighted by molar-refractivity contribution is 5.85. The topological polar surface area (TPSA) is 66.8 Å². The fraction of sp³-hybridized carbons (Fsp3) is 0.500. The molecule has 0 heterocycles. The number of ether oxygens (including phenoxy) is 1. The molecule has 1 atom stereocenters. The Morgan fingerprint density at radius 2 is 1.71 bits per heavy atom. The average Bonchev–Trinajstić information content (AvgIpc) is 2.47. The van der Waals surface area contributed by atoms with E-state index in [9.17, 15) is 14.7 Å². The minimum absolute atomic E-state index is 0.0228. The van der Waals surface area contributed by atoms with Gasteiger partial charge in [-0.05, 0) is 38.5 Å². The Morgan fingerprint density at radius 3 is 2.14 bits per heavy atom. The molecule has 0 aliphatic rings. The highest BCUT2D eigenvalue weighted by Crippen LogP contribution is 2.23. The smallest absolute Gasteiger partial charge is 0.311 e. The third-order valence-corrected chi connectivity index (χ3v) is 3.39. The van der Waals surface area contributed by atoms with Crippen LogP contribution in [0.1, 0.15) is 38.7 Å². The lowest BCUT2D eigenvalue weighted by atomic mass is 9.95. The van der Waals surface area contributed by atoms with E-state index in [2.05, 4.69) is 0 Å². The van der Waals surface area contributed by atoms with Gasteiger partial charge < -0.3 is 14.7 Å². The van der Waals surface area contributed by atoms with Crippen LogP contribution in [0.5, 0.6) is 5.75 Å². The Morgan fingerprint density at radius 1 is 1.14 bits per heavy atom. The molecule has 0 bridgehead atoms. The Hall–Kier alpha value is -2.04. The molecular weight excluding hydrogens is 270 g/mol. The molecule has 21 heavy (non-hydrogen) atoms. The number of carbonyl (C=O) groups is 2. The van der Waals surface area contributed by atoms with E-state index in [-0.39, 0.29) is 12.3 Å². The second-order valence-corrected chi connectivity index (χ2v) is 4.66. The molecule has 0 radical (unpaired) electrons. The first-order valence-electron chi connectivity index (χ1n) is 7.26. The predicted molar refractivity (Wildman–Crippen MR) is 80.5 cm³/mol. The van der Waals surface area contributed by atoms with Gasteiger partial charge in [0, 0.05) is 19.5 Å². The second-order valence-electron chi connectivity index (χ2n) is 4.66. The van der Waals surface area contributed by atoms with Gasteiger partial charge in [-0.3, -0.25) is 9.59 Å². The standard InChI is InChI=1S/C16H23NO4/c1-4-17(5-2)15(18)11-14(16(19)20)12-7-9-13(10-8-12)21-6-3/h7-10,14H,4-6,11H2,1-3H3,(H,19,20). The summed E-state index contributed by atoms with van der Waals surface area (Å²) in [6.07, 6.45) is -0.0228. The quantitative estimate of drug-likeness (QED) is 0.799. The van der Waals surface area contributed by atoms with Crippen LogP contribution in [0.15, 0.2) is 24.3 Å². The summed E-state index contributed by atoms with van der Waals surface area (Å²) in [4.78, 5) is 25.2. The Bertz CT molecular complexity index is 466. The fourth-order valence-corrected chi connectivity index (χ4v) is 2.19. The average molecular weight is 293 g/mol. The summed E-state index contributed by atoms with van der Waals surface area (Å²) in [5, 5.41) is 9.37. The second kappa shape index (κ2) is 8.29. The molecule has 0 fully saturated rings. The SMILES string of the molecule is CCOc1ccc(C(CC(=O)N(CC)CC)C(=O)O)cc1. The summed E-state index contributed by atoms with van der Waals surface area (Å²) in [6, 6.07) is 6.88. The molecule has 1 rings (SSSR count). The zero-order chi connectivity index (χ0) is 15.8. The van der Waals surface area contributed by atoms with E-state index in [1.807, 2.05) is 20.8 Å². The van der Waals surface area contributed by atoms with E-state index in [4.69, 9.17) is 4.74 Å². The molecule has 0 aromatic heterocycles. The van der Waals surface area contributed by atoms with Crippen LogP contribution in [0.25, 0.3) is 0 Å².